The molecule has 0 aliphatic rings. The number of carbonyl (C=O) groups is 1. The Morgan fingerprint density at radius 2 is 2.00 bits per heavy atom. The number of rotatable bonds is 4. The first-order chi connectivity index (χ1) is 9.08. The molecule has 0 saturated carbocycles. The lowest BCUT2D eigenvalue weighted by Crippen LogP contribution is -2.26. The van der Waals surface area contributed by atoms with Crippen molar-refractivity contribution in [3.63, 3.8) is 0 Å². The number of nitrogens with one attached hydrogen (secondary N) is 1. The number of nitrogens with zero attached hydrogens (tertiary/aromatic N) is 1. The van der Waals surface area contributed by atoms with E-state index in [1.165, 1.54) is 0 Å². The fraction of sp³-hybridized carbons (Fsp3) is 0.333. The van der Waals surface area contributed by atoms with Crippen molar-refractivity contribution in [2.24, 2.45) is 5.92 Å². The Balaban J connectivity index is 2.12. The molecule has 2 rings (SSSR count). The molecule has 1 amide bonds. The maximum Gasteiger partial charge on any atom is 0.222 e. The minimum atomic E-state index is 0.0156. The summed E-state index contributed by atoms with van der Waals surface area (Å²) < 4.78 is 0. The van der Waals surface area contributed by atoms with Crippen molar-refractivity contribution in [3.8, 4) is 10.6 Å². The van der Waals surface area contributed by atoms with Crippen molar-refractivity contribution in [2.75, 3.05) is 0 Å². The van der Waals surface area contributed by atoms with E-state index in [1.807, 2.05) is 39.0 Å². The zero-order valence-corrected chi connectivity index (χ0v) is 12.3. The second-order valence-corrected chi connectivity index (χ2v) is 5.85. The smallest absolute Gasteiger partial charge is 0.222 e. The van der Waals surface area contributed by atoms with E-state index in [4.69, 9.17) is 0 Å². The second kappa shape index (κ2) is 5.97. The van der Waals surface area contributed by atoms with E-state index in [2.05, 4.69) is 22.4 Å². The Morgan fingerprint density at radius 3 is 2.63 bits per heavy atom. The summed E-state index contributed by atoms with van der Waals surface area (Å²) in [4.78, 5) is 17.3. The molecule has 0 spiro atoms. The number of hydrogen-bond acceptors (Lipinski definition) is 3. The van der Waals surface area contributed by atoms with E-state index < -0.39 is 0 Å². The molecule has 0 saturated heterocycles. The molecule has 0 atom stereocenters. The summed E-state index contributed by atoms with van der Waals surface area (Å²) in [6.45, 7) is 6.33. The fourth-order valence-corrected chi connectivity index (χ4v) is 2.68. The van der Waals surface area contributed by atoms with Crippen LogP contribution in [0.4, 0.5) is 0 Å². The average molecular weight is 274 g/mol. The SMILES string of the molecule is Cc1nc(-c2ccccc2)sc1CNC(=O)C(C)C. The predicted molar refractivity (Wildman–Crippen MR) is 79.0 cm³/mol. The number of aromatic nitrogens is 1. The van der Waals surface area contributed by atoms with Gasteiger partial charge in [0, 0.05) is 16.4 Å². The van der Waals surface area contributed by atoms with Crippen LogP contribution in [-0.2, 0) is 11.3 Å². The third kappa shape index (κ3) is 3.41. The zero-order valence-electron chi connectivity index (χ0n) is 11.4. The van der Waals surface area contributed by atoms with E-state index in [0.29, 0.717) is 6.54 Å². The first-order valence-electron chi connectivity index (χ1n) is 6.37. The molecule has 0 aliphatic heterocycles. The van der Waals surface area contributed by atoms with Gasteiger partial charge in [-0.1, -0.05) is 44.2 Å². The van der Waals surface area contributed by atoms with Crippen LogP contribution in [-0.4, -0.2) is 10.9 Å². The standard InChI is InChI=1S/C15H18N2OS/c1-10(2)14(18)16-9-13-11(3)17-15(19-13)12-7-5-4-6-8-12/h4-8,10H,9H2,1-3H3,(H,16,18). The molecular weight excluding hydrogens is 256 g/mol. The normalized spacial score (nSPS) is 10.7. The van der Waals surface area contributed by atoms with Gasteiger partial charge in [-0.25, -0.2) is 4.98 Å². The van der Waals surface area contributed by atoms with E-state index in [1.54, 1.807) is 11.3 Å². The highest BCUT2D eigenvalue weighted by Crippen LogP contribution is 2.27. The molecule has 1 aromatic carbocycles. The summed E-state index contributed by atoms with van der Waals surface area (Å²) in [5, 5.41) is 3.94. The summed E-state index contributed by atoms with van der Waals surface area (Å²) >= 11 is 1.64. The van der Waals surface area contributed by atoms with Crippen LogP contribution in [0.5, 0.6) is 0 Å². The van der Waals surface area contributed by atoms with Crippen LogP contribution in [0.3, 0.4) is 0 Å². The lowest BCUT2D eigenvalue weighted by atomic mass is 10.2. The maximum atomic E-state index is 11.6. The molecule has 0 fully saturated rings. The van der Waals surface area contributed by atoms with Crippen molar-refractivity contribution >= 4 is 17.2 Å². The van der Waals surface area contributed by atoms with Crippen LogP contribution in [0.15, 0.2) is 30.3 Å². The van der Waals surface area contributed by atoms with Crippen LogP contribution in [0.1, 0.15) is 24.4 Å². The zero-order chi connectivity index (χ0) is 13.8. The number of thiazole rings is 1. The van der Waals surface area contributed by atoms with Crippen molar-refractivity contribution < 1.29 is 4.79 Å². The second-order valence-electron chi connectivity index (χ2n) is 4.77. The molecule has 0 radical (unpaired) electrons. The van der Waals surface area contributed by atoms with Gasteiger partial charge in [0.25, 0.3) is 0 Å². The minimum Gasteiger partial charge on any atom is -0.351 e. The van der Waals surface area contributed by atoms with Gasteiger partial charge in [0.1, 0.15) is 5.01 Å². The van der Waals surface area contributed by atoms with Gasteiger partial charge in [0.15, 0.2) is 0 Å². The fourth-order valence-electron chi connectivity index (χ4n) is 1.67. The van der Waals surface area contributed by atoms with Gasteiger partial charge in [-0.15, -0.1) is 11.3 Å². The molecule has 0 aliphatic carbocycles. The highest BCUT2D eigenvalue weighted by atomic mass is 32.1. The Bertz CT molecular complexity index is 561. The first kappa shape index (κ1) is 13.7. The van der Waals surface area contributed by atoms with E-state index in [9.17, 15) is 4.79 Å². The first-order valence-corrected chi connectivity index (χ1v) is 7.19. The molecule has 1 N–H and O–H groups in total. The van der Waals surface area contributed by atoms with E-state index >= 15 is 0 Å². The lowest BCUT2D eigenvalue weighted by molar-refractivity contribution is -0.124. The molecule has 0 bridgehead atoms. The van der Waals surface area contributed by atoms with Crippen LogP contribution in [0, 0.1) is 12.8 Å². The molecule has 1 aromatic heterocycles. The highest BCUT2D eigenvalue weighted by molar-refractivity contribution is 7.15. The maximum absolute atomic E-state index is 11.6. The molecule has 4 heteroatoms. The number of carbonyl (C=O) groups excluding carboxylic acids is 1. The molecule has 2 aromatic rings. The summed E-state index contributed by atoms with van der Waals surface area (Å²) in [7, 11) is 0. The Kier molecular flexibility index (Phi) is 4.32. The third-order valence-electron chi connectivity index (χ3n) is 2.86. The topological polar surface area (TPSA) is 42.0 Å². The van der Waals surface area contributed by atoms with Gasteiger partial charge < -0.3 is 5.32 Å². The minimum absolute atomic E-state index is 0.0156. The van der Waals surface area contributed by atoms with Gasteiger partial charge in [-0.2, -0.15) is 0 Å². The lowest BCUT2D eigenvalue weighted by Gasteiger charge is -2.06. The van der Waals surface area contributed by atoms with Gasteiger partial charge in [0.2, 0.25) is 5.91 Å². The average Bonchev–Trinajstić information content (AvgIpc) is 2.78. The van der Waals surface area contributed by atoms with Crippen molar-refractivity contribution in [1.82, 2.24) is 10.3 Å². The van der Waals surface area contributed by atoms with E-state index in [-0.39, 0.29) is 11.8 Å². The van der Waals surface area contributed by atoms with Crippen molar-refractivity contribution in [3.05, 3.63) is 40.9 Å². The number of hydrogen-bond donors (Lipinski definition) is 1. The van der Waals surface area contributed by atoms with Gasteiger partial charge in [-0.3, -0.25) is 4.79 Å². The van der Waals surface area contributed by atoms with E-state index in [0.717, 1.165) is 21.1 Å². The summed E-state index contributed by atoms with van der Waals surface area (Å²) in [5.74, 6) is 0.0934. The number of benzene rings is 1. The Hall–Kier alpha value is -1.68. The summed E-state index contributed by atoms with van der Waals surface area (Å²) in [5.41, 5.74) is 2.12. The highest BCUT2D eigenvalue weighted by Gasteiger charge is 2.11. The molecule has 1 heterocycles. The number of amides is 1. The summed E-state index contributed by atoms with van der Waals surface area (Å²) in [6.07, 6.45) is 0. The van der Waals surface area contributed by atoms with Crippen molar-refractivity contribution in [1.29, 1.82) is 0 Å². The quantitative estimate of drug-likeness (QED) is 0.928. The third-order valence-corrected chi connectivity index (χ3v) is 4.07. The molecule has 19 heavy (non-hydrogen) atoms. The Labute approximate surface area is 117 Å². The Morgan fingerprint density at radius 1 is 1.32 bits per heavy atom. The van der Waals surface area contributed by atoms with Gasteiger partial charge in [-0.05, 0) is 6.92 Å². The predicted octanol–water partition coefficient (Wildman–Crippen LogP) is 3.39. The molecule has 0 unspecified atom stereocenters. The monoisotopic (exact) mass is 274 g/mol. The van der Waals surface area contributed by atoms with Crippen LogP contribution < -0.4 is 5.32 Å². The van der Waals surface area contributed by atoms with Gasteiger partial charge in [0.05, 0.1) is 12.2 Å². The largest absolute Gasteiger partial charge is 0.351 e. The molecular formula is C15H18N2OS. The van der Waals surface area contributed by atoms with Crippen LogP contribution in [0.25, 0.3) is 10.6 Å². The molecule has 3 nitrogen and oxygen atoms in total. The van der Waals surface area contributed by atoms with Crippen LogP contribution in [0.2, 0.25) is 0 Å². The summed E-state index contributed by atoms with van der Waals surface area (Å²) in [6, 6.07) is 10.1. The van der Waals surface area contributed by atoms with Crippen LogP contribution >= 0.6 is 11.3 Å². The molecule has 100 valence electrons. The van der Waals surface area contributed by atoms with Gasteiger partial charge >= 0.3 is 0 Å². The van der Waals surface area contributed by atoms with Crippen molar-refractivity contribution in [2.45, 2.75) is 27.3 Å². The number of aryl methyl sites for hydroxylation is 1.